The molecule has 1 atom stereocenters. The average Bonchev–Trinajstić information content (AvgIpc) is 2.62. The molecule has 108 valence electrons. The van der Waals surface area contributed by atoms with Gasteiger partial charge >= 0.3 is 0 Å². The van der Waals surface area contributed by atoms with Crippen LogP contribution in [0.25, 0.3) is 0 Å². The number of benzene rings is 1. The predicted molar refractivity (Wildman–Crippen MR) is 82.6 cm³/mol. The van der Waals surface area contributed by atoms with E-state index in [1.807, 2.05) is 20.0 Å². The minimum absolute atomic E-state index is 0.167. The molecule has 7 heteroatoms. The summed E-state index contributed by atoms with van der Waals surface area (Å²) in [6.45, 7) is 1.87. The normalized spacial score (nSPS) is 12.7. The van der Waals surface area contributed by atoms with Gasteiger partial charge in [-0.05, 0) is 24.6 Å². The molecule has 1 aromatic carbocycles. The molecule has 20 heavy (non-hydrogen) atoms. The summed E-state index contributed by atoms with van der Waals surface area (Å²) < 4.78 is 1.76. The van der Waals surface area contributed by atoms with E-state index in [2.05, 4.69) is 10.5 Å². The summed E-state index contributed by atoms with van der Waals surface area (Å²) in [5.41, 5.74) is 11.9. The number of nitrogens with two attached hydrogens (primary N) is 2. The van der Waals surface area contributed by atoms with E-state index in [-0.39, 0.29) is 6.04 Å². The molecule has 0 bridgehead atoms. The topological polar surface area (TPSA) is 81.9 Å². The first-order valence-electron chi connectivity index (χ1n) is 6.13. The number of hydrazine groups is 1. The number of aromatic nitrogens is 2. The number of nitrogens with one attached hydrogen (secondary N) is 1. The molecular weight excluding hydrogens is 297 g/mol. The molecule has 5 nitrogen and oxygen atoms in total. The van der Waals surface area contributed by atoms with Crippen LogP contribution >= 0.6 is 23.2 Å². The Morgan fingerprint density at radius 2 is 2.10 bits per heavy atom. The second-order valence-electron chi connectivity index (χ2n) is 4.67. The number of halogens is 2. The van der Waals surface area contributed by atoms with Gasteiger partial charge in [0.25, 0.3) is 0 Å². The van der Waals surface area contributed by atoms with Crippen LogP contribution in [0.15, 0.2) is 18.2 Å². The highest BCUT2D eigenvalue weighted by molar-refractivity contribution is 6.32. The van der Waals surface area contributed by atoms with Crippen molar-refractivity contribution in [2.24, 2.45) is 12.9 Å². The van der Waals surface area contributed by atoms with Crippen LogP contribution in [0.3, 0.4) is 0 Å². The number of hydrogen-bond donors (Lipinski definition) is 3. The number of nitrogens with zero attached hydrogens (tertiary/aromatic N) is 2. The van der Waals surface area contributed by atoms with Crippen molar-refractivity contribution in [1.82, 2.24) is 15.2 Å². The third kappa shape index (κ3) is 2.91. The van der Waals surface area contributed by atoms with Crippen molar-refractivity contribution in [1.29, 1.82) is 0 Å². The average molecular weight is 314 g/mol. The highest BCUT2D eigenvalue weighted by atomic mass is 35.5. The Balaban J connectivity index is 2.33. The van der Waals surface area contributed by atoms with Gasteiger partial charge in [0.2, 0.25) is 0 Å². The van der Waals surface area contributed by atoms with Gasteiger partial charge in [-0.2, -0.15) is 5.10 Å². The lowest BCUT2D eigenvalue weighted by atomic mass is 10.0. The zero-order valence-corrected chi connectivity index (χ0v) is 12.8. The first-order chi connectivity index (χ1) is 9.43. The van der Waals surface area contributed by atoms with E-state index >= 15 is 0 Å². The molecule has 5 N–H and O–H groups in total. The highest BCUT2D eigenvalue weighted by Crippen LogP contribution is 2.29. The predicted octanol–water partition coefficient (Wildman–Crippen LogP) is 2.36. The van der Waals surface area contributed by atoms with E-state index in [1.165, 1.54) is 0 Å². The zero-order chi connectivity index (χ0) is 14.9. The molecule has 1 heterocycles. The van der Waals surface area contributed by atoms with Crippen LogP contribution in [0.4, 0.5) is 5.69 Å². The van der Waals surface area contributed by atoms with E-state index in [0.717, 1.165) is 17.0 Å². The molecule has 0 saturated carbocycles. The van der Waals surface area contributed by atoms with Crippen LogP contribution in [0.2, 0.25) is 10.0 Å². The van der Waals surface area contributed by atoms with Crippen LogP contribution in [0, 0.1) is 6.92 Å². The van der Waals surface area contributed by atoms with Crippen molar-refractivity contribution in [2.45, 2.75) is 19.4 Å². The maximum absolute atomic E-state index is 6.26. The van der Waals surface area contributed by atoms with Crippen LogP contribution in [0.1, 0.15) is 23.0 Å². The Morgan fingerprint density at radius 3 is 2.60 bits per heavy atom. The van der Waals surface area contributed by atoms with Crippen LogP contribution in [-0.4, -0.2) is 9.78 Å². The van der Waals surface area contributed by atoms with Crippen LogP contribution in [0.5, 0.6) is 0 Å². The van der Waals surface area contributed by atoms with Gasteiger partial charge < -0.3 is 5.73 Å². The maximum atomic E-state index is 6.26. The van der Waals surface area contributed by atoms with Crippen molar-refractivity contribution in [3.8, 4) is 0 Å². The Kier molecular flexibility index (Phi) is 4.55. The van der Waals surface area contributed by atoms with E-state index < -0.39 is 0 Å². The largest absolute Gasteiger partial charge is 0.398 e. The van der Waals surface area contributed by atoms with Gasteiger partial charge in [-0.15, -0.1) is 0 Å². The van der Waals surface area contributed by atoms with Crippen molar-refractivity contribution >= 4 is 28.9 Å². The van der Waals surface area contributed by atoms with E-state index in [0.29, 0.717) is 22.2 Å². The number of anilines is 1. The number of hydrogen-bond acceptors (Lipinski definition) is 4. The molecule has 0 aliphatic carbocycles. The van der Waals surface area contributed by atoms with Gasteiger partial charge in [0.05, 0.1) is 22.5 Å². The SMILES string of the molecule is Cc1nn(C)c(CC(NN)c2ccc(Cl)cc2N)c1Cl. The van der Waals surface area contributed by atoms with Gasteiger partial charge in [0, 0.05) is 24.2 Å². The van der Waals surface area contributed by atoms with Crippen LogP contribution < -0.4 is 17.0 Å². The molecule has 0 amide bonds. The Bertz CT molecular complexity index is 623. The van der Waals surface area contributed by atoms with E-state index in [9.17, 15) is 0 Å². The summed E-state index contributed by atoms with van der Waals surface area (Å²) in [6.07, 6.45) is 0.582. The summed E-state index contributed by atoms with van der Waals surface area (Å²) in [5.74, 6) is 5.66. The lowest BCUT2D eigenvalue weighted by Gasteiger charge is -2.18. The Morgan fingerprint density at radius 1 is 1.40 bits per heavy atom. The lowest BCUT2D eigenvalue weighted by Crippen LogP contribution is -2.30. The van der Waals surface area contributed by atoms with Crippen molar-refractivity contribution in [3.05, 3.63) is 45.2 Å². The van der Waals surface area contributed by atoms with Gasteiger partial charge in [-0.25, -0.2) is 0 Å². The van der Waals surface area contributed by atoms with E-state index in [4.69, 9.17) is 34.8 Å². The standard InChI is InChI=1S/C13H17Cl2N5/c1-7-13(15)12(20(2)19-7)6-11(18-17)9-4-3-8(14)5-10(9)16/h3-5,11,18H,6,16-17H2,1-2H3. The minimum Gasteiger partial charge on any atom is -0.398 e. The number of rotatable bonds is 4. The van der Waals surface area contributed by atoms with Gasteiger partial charge in [-0.3, -0.25) is 16.0 Å². The monoisotopic (exact) mass is 313 g/mol. The maximum Gasteiger partial charge on any atom is 0.0847 e. The lowest BCUT2D eigenvalue weighted by molar-refractivity contribution is 0.531. The molecule has 1 aromatic heterocycles. The fourth-order valence-electron chi connectivity index (χ4n) is 2.22. The smallest absolute Gasteiger partial charge is 0.0847 e. The molecule has 2 aromatic rings. The summed E-state index contributed by atoms with van der Waals surface area (Å²) in [5, 5.41) is 5.54. The fraction of sp³-hybridized carbons (Fsp3) is 0.308. The number of aryl methyl sites for hydroxylation is 2. The Hall–Kier alpha value is -1.27. The summed E-state index contributed by atoms with van der Waals surface area (Å²) in [7, 11) is 1.85. The summed E-state index contributed by atoms with van der Waals surface area (Å²) in [4.78, 5) is 0. The molecule has 0 fully saturated rings. The molecule has 0 spiro atoms. The third-order valence-electron chi connectivity index (χ3n) is 3.28. The molecule has 0 aliphatic heterocycles. The zero-order valence-electron chi connectivity index (χ0n) is 11.3. The molecule has 0 radical (unpaired) electrons. The second-order valence-corrected chi connectivity index (χ2v) is 5.48. The van der Waals surface area contributed by atoms with Gasteiger partial charge in [0.15, 0.2) is 0 Å². The summed E-state index contributed by atoms with van der Waals surface area (Å²) >= 11 is 12.2. The fourth-order valence-corrected chi connectivity index (χ4v) is 2.63. The van der Waals surface area contributed by atoms with Crippen molar-refractivity contribution in [3.63, 3.8) is 0 Å². The third-order valence-corrected chi connectivity index (χ3v) is 4.01. The van der Waals surface area contributed by atoms with Gasteiger partial charge in [-0.1, -0.05) is 29.3 Å². The number of nitrogen functional groups attached to an aromatic ring is 1. The summed E-state index contributed by atoms with van der Waals surface area (Å²) in [6, 6.07) is 5.18. The van der Waals surface area contributed by atoms with Crippen LogP contribution in [-0.2, 0) is 13.5 Å². The Labute approximate surface area is 127 Å². The van der Waals surface area contributed by atoms with Crippen molar-refractivity contribution in [2.75, 3.05) is 5.73 Å². The van der Waals surface area contributed by atoms with Gasteiger partial charge in [0.1, 0.15) is 0 Å². The van der Waals surface area contributed by atoms with E-state index in [1.54, 1.807) is 16.8 Å². The highest BCUT2D eigenvalue weighted by Gasteiger charge is 2.19. The first-order valence-corrected chi connectivity index (χ1v) is 6.88. The molecule has 0 saturated heterocycles. The molecular formula is C13H17Cl2N5. The van der Waals surface area contributed by atoms with Crippen molar-refractivity contribution < 1.29 is 0 Å². The quantitative estimate of drug-likeness (QED) is 0.460. The minimum atomic E-state index is -0.167. The molecule has 1 unspecified atom stereocenters. The molecule has 2 rings (SSSR count). The first kappa shape index (κ1) is 15.1. The molecule has 0 aliphatic rings. The second kappa shape index (κ2) is 6.01.